The highest BCUT2D eigenvalue weighted by Crippen LogP contribution is 2.33. The van der Waals surface area contributed by atoms with Gasteiger partial charge < -0.3 is 9.47 Å². The SMILES string of the molecule is FC(F)(F)Oc1ccc2nc(NNc3nc4ccc(OC(F)(F)F)cc4s3)sc2c1. The van der Waals surface area contributed by atoms with Crippen molar-refractivity contribution in [2.75, 3.05) is 10.9 Å². The normalized spacial score (nSPS) is 12.3. The molecule has 2 aromatic heterocycles. The average Bonchev–Trinajstić information content (AvgIpc) is 3.19. The third kappa shape index (κ3) is 4.94. The van der Waals surface area contributed by atoms with E-state index >= 15 is 0 Å². The van der Waals surface area contributed by atoms with Crippen LogP contribution in [-0.2, 0) is 0 Å². The van der Waals surface area contributed by atoms with E-state index in [4.69, 9.17) is 0 Å². The fourth-order valence-electron chi connectivity index (χ4n) is 2.42. The molecule has 0 aliphatic rings. The molecule has 2 aromatic carbocycles. The molecule has 0 bridgehead atoms. The van der Waals surface area contributed by atoms with Gasteiger partial charge in [0.25, 0.3) is 0 Å². The molecule has 0 aliphatic heterocycles. The Balaban J connectivity index is 1.47. The summed E-state index contributed by atoms with van der Waals surface area (Å²) >= 11 is 2.14. The van der Waals surface area contributed by atoms with Crippen LogP contribution in [0.2, 0.25) is 0 Å². The van der Waals surface area contributed by atoms with Gasteiger partial charge in [-0.2, -0.15) is 0 Å². The molecular formula is C16H8F6N4O2S2. The van der Waals surface area contributed by atoms with E-state index in [1.54, 1.807) is 0 Å². The predicted octanol–water partition coefficient (Wildman–Crippen LogP) is 6.14. The lowest BCUT2D eigenvalue weighted by Crippen LogP contribution is -2.16. The molecule has 0 amide bonds. The topological polar surface area (TPSA) is 68.3 Å². The Kier molecular flexibility index (Phi) is 4.97. The van der Waals surface area contributed by atoms with Gasteiger partial charge in [-0.15, -0.1) is 26.3 Å². The summed E-state index contributed by atoms with van der Waals surface area (Å²) < 4.78 is 82.6. The highest BCUT2D eigenvalue weighted by molar-refractivity contribution is 7.23. The largest absolute Gasteiger partial charge is 0.573 e. The van der Waals surface area contributed by atoms with Gasteiger partial charge in [0.05, 0.1) is 20.4 Å². The zero-order valence-corrected chi connectivity index (χ0v) is 15.9. The zero-order valence-electron chi connectivity index (χ0n) is 14.3. The number of aromatic nitrogens is 2. The van der Waals surface area contributed by atoms with Crippen molar-refractivity contribution in [2.24, 2.45) is 0 Å². The number of hydrogen-bond acceptors (Lipinski definition) is 8. The fourth-order valence-corrected chi connectivity index (χ4v) is 4.11. The van der Waals surface area contributed by atoms with Gasteiger partial charge in [-0.25, -0.2) is 9.97 Å². The number of nitrogens with one attached hydrogen (secondary N) is 2. The van der Waals surface area contributed by atoms with Crippen molar-refractivity contribution in [1.82, 2.24) is 9.97 Å². The first kappa shape index (κ1) is 20.3. The van der Waals surface area contributed by atoms with Crippen molar-refractivity contribution < 1.29 is 35.8 Å². The van der Waals surface area contributed by atoms with Crippen molar-refractivity contribution in [3.05, 3.63) is 36.4 Å². The number of alkyl halides is 6. The summed E-state index contributed by atoms with van der Waals surface area (Å²) in [5.41, 5.74) is 6.44. The number of thiazole rings is 2. The van der Waals surface area contributed by atoms with Crippen molar-refractivity contribution in [3.63, 3.8) is 0 Å². The van der Waals surface area contributed by atoms with E-state index in [9.17, 15) is 26.3 Å². The van der Waals surface area contributed by atoms with Crippen LogP contribution in [0.5, 0.6) is 11.5 Å². The van der Waals surface area contributed by atoms with Crippen LogP contribution in [0.3, 0.4) is 0 Å². The summed E-state index contributed by atoms with van der Waals surface area (Å²) in [6.45, 7) is 0. The van der Waals surface area contributed by atoms with Gasteiger partial charge in [-0.3, -0.25) is 10.9 Å². The standard InChI is InChI=1S/C16H8F6N4O2S2/c17-15(18,19)27-7-1-3-9-11(5-7)29-13(23-9)25-26-14-24-10-4-2-8(6-12(10)30-14)28-16(20,21)22/h1-6H,(H,23,25)(H,24,26). The Morgan fingerprint density at radius 3 is 1.43 bits per heavy atom. The van der Waals surface area contributed by atoms with Crippen molar-refractivity contribution >= 4 is 53.4 Å². The van der Waals surface area contributed by atoms with Gasteiger partial charge in [-0.1, -0.05) is 22.7 Å². The van der Waals surface area contributed by atoms with Gasteiger partial charge in [0.1, 0.15) is 11.5 Å². The van der Waals surface area contributed by atoms with Crippen LogP contribution in [0.1, 0.15) is 0 Å². The molecule has 2 N–H and O–H groups in total. The van der Waals surface area contributed by atoms with Crippen LogP contribution < -0.4 is 20.3 Å². The lowest BCUT2D eigenvalue weighted by molar-refractivity contribution is -0.275. The van der Waals surface area contributed by atoms with E-state index < -0.39 is 12.7 Å². The molecule has 14 heteroatoms. The average molecular weight is 466 g/mol. The third-order valence-corrected chi connectivity index (χ3v) is 5.33. The minimum atomic E-state index is -4.79. The maximum atomic E-state index is 12.3. The molecule has 0 saturated carbocycles. The zero-order chi connectivity index (χ0) is 21.5. The van der Waals surface area contributed by atoms with E-state index in [1.165, 1.54) is 24.3 Å². The summed E-state index contributed by atoms with van der Waals surface area (Å²) in [7, 11) is 0. The second kappa shape index (κ2) is 7.36. The van der Waals surface area contributed by atoms with E-state index in [2.05, 4.69) is 30.3 Å². The van der Waals surface area contributed by atoms with Gasteiger partial charge in [0, 0.05) is 12.1 Å². The van der Waals surface area contributed by atoms with Crippen molar-refractivity contribution in [3.8, 4) is 11.5 Å². The van der Waals surface area contributed by atoms with Crippen LogP contribution in [0, 0.1) is 0 Å². The monoisotopic (exact) mass is 466 g/mol. The first-order chi connectivity index (χ1) is 14.0. The summed E-state index contributed by atoms with van der Waals surface area (Å²) in [6.07, 6.45) is -9.59. The molecule has 0 aliphatic carbocycles. The van der Waals surface area contributed by atoms with Crippen molar-refractivity contribution in [2.45, 2.75) is 12.7 Å². The summed E-state index contributed by atoms with van der Waals surface area (Å²) in [5, 5.41) is 0.684. The lowest BCUT2D eigenvalue weighted by Gasteiger charge is -2.07. The molecule has 0 atom stereocenters. The lowest BCUT2D eigenvalue weighted by atomic mass is 10.3. The number of hydrazine groups is 1. The molecule has 0 saturated heterocycles. The Labute approximate surface area is 171 Å². The molecule has 4 aromatic rings. The maximum Gasteiger partial charge on any atom is 0.573 e. The number of anilines is 2. The second-order valence-electron chi connectivity index (χ2n) is 5.64. The van der Waals surface area contributed by atoms with Gasteiger partial charge >= 0.3 is 12.7 Å². The summed E-state index contributed by atoms with van der Waals surface area (Å²) in [4.78, 5) is 8.43. The molecule has 0 fully saturated rings. The summed E-state index contributed by atoms with van der Waals surface area (Å²) in [5.74, 6) is -0.720. The molecule has 2 heterocycles. The summed E-state index contributed by atoms with van der Waals surface area (Å²) in [6, 6.07) is 7.51. The fraction of sp³-hybridized carbons (Fsp3) is 0.125. The Morgan fingerprint density at radius 2 is 1.07 bits per heavy atom. The van der Waals surface area contributed by atoms with Crippen LogP contribution in [-0.4, -0.2) is 22.7 Å². The van der Waals surface area contributed by atoms with Crippen LogP contribution in [0.4, 0.5) is 36.6 Å². The number of fused-ring (bicyclic) bond motifs is 2. The van der Waals surface area contributed by atoms with Crippen LogP contribution in [0.15, 0.2) is 36.4 Å². The van der Waals surface area contributed by atoms with Gasteiger partial charge in [-0.05, 0) is 24.3 Å². The molecule has 0 radical (unpaired) electrons. The maximum absolute atomic E-state index is 12.3. The Hall–Kier alpha value is -3.00. The molecule has 30 heavy (non-hydrogen) atoms. The molecular weight excluding hydrogens is 458 g/mol. The Morgan fingerprint density at radius 1 is 0.667 bits per heavy atom. The van der Waals surface area contributed by atoms with E-state index in [0.717, 1.165) is 34.8 Å². The molecule has 158 valence electrons. The van der Waals surface area contributed by atoms with Crippen molar-refractivity contribution in [1.29, 1.82) is 0 Å². The number of benzene rings is 2. The molecule has 0 unspecified atom stereocenters. The van der Waals surface area contributed by atoms with E-state index in [-0.39, 0.29) is 11.5 Å². The number of hydrogen-bond donors (Lipinski definition) is 2. The number of rotatable bonds is 5. The molecule has 0 spiro atoms. The predicted molar refractivity (Wildman–Crippen MR) is 99.9 cm³/mol. The molecule has 4 rings (SSSR count). The second-order valence-corrected chi connectivity index (χ2v) is 7.70. The van der Waals surface area contributed by atoms with Gasteiger partial charge in [0.15, 0.2) is 0 Å². The number of nitrogens with zero attached hydrogens (tertiary/aromatic N) is 2. The van der Waals surface area contributed by atoms with E-state index in [0.29, 0.717) is 30.7 Å². The first-order valence-corrected chi connectivity index (χ1v) is 9.52. The van der Waals surface area contributed by atoms with Crippen LogP contribution >= 0.6 is 22.7 Å². The number of halogens is 6. The minimum Gasteiger partial charge on any atom is -0.406 e. The third-order valence-electron chi connectivity index (χ3n) is 3.46. The van der Waals surface area contributed by atoms with Crippen LogP contribution in [0.25, 0.3) is 20.4 Å². The van der Waals surface area contributed by atoms with E-state index in [1.807, 2.05) is 0 Å². The van der Waals surface area contributed by atoms with Gasteiger partial charge in [0.2, 0.25) is 10.3 Å². The molecule has 6 nitrogen and oxygen atoms in total. The highest BCUT2D eigenvalue weighted by Gasteiger charge is 2.32. The minimum absolute atomic E-state index is 0.342. The quantitative estimate of drug-likeness (QED) is 0.272. The Bertz CT molecular complexity index is 1110. The number of ether oxygens (including phenoxy) is 2. The smallest absolute Gasteiger partial charge is 0.406 e. The first-order valence-electron chi connectivity index (χ1n) is 7.89. The highest BCUT2D eigenvalue weighted by atomic mass is 32.1.